The highest BCUT2D eigenvalue weighted by molar-refractivity contribution is 5.43. The number of nitrogens with zero attached hydrogens (tertiary/aromatic N) is 2. The molecule has 1 saturated heterocycles. The zero-order valence-corrected chi connectivity index (χ0v) is 10.2. The number of aromatic nitrogens is 2. The van der Waals surface area contributed by atoms with E-state index in [1.165, 1.54) is 10.8 Å². The lowest BCUT2D eigenvalue weighted by Crippen LogP contribution is -2.33. The van der Waals surface area contributed by atoms with Gasteiger partial charge in [-0.15, -0.1) is 0 Å². The van der Waals surface area contributed by atoms with E-state index >= 15 is 0 Å². The van der Waals surface area contributed by atoms with Gasteiger partial charge in [-0.25, -0.2) is 14.3 Å². The van der Waals surface area contributed by atoms with E-state index in [1.807, 2.05) is 0 Å². The van der Waals surface area contributed by atoms with E-state index in [1.54, 1.807) is 0 Å². The van der Waals surface area contributed by atoms with E-state index in [0.29, 0.717) is 18.8 Å². The van der Waals surface area contributed by atoms with Gasteiger partial charge in [-0.1, -0.05) is 0 Å². The molecular weight excluding hydrogens is 254 g/mol. The third kappa shape index (κ3) is 2.12. The second-order valence-electron chi connectivity index (χ2n) is 4.60. The maximum atomic E-state index is 11.9. The minimum atomic E-state index is -0.803. The maximum absolute atomic E-state index is 11.9. The smallest absolute Gasteiger partial charge is 0.351 e. The third-order valence-corrected chi connectivity index (χ3v) is 3.40. The summed E-state index contributed by atoms with van der Waals surface area (Å²) >= 11 is 0. The number of ether oxygens (including phenoxy) is 1. The fraction of sp³-hybridized carbons (Fsp3) is 0.636. The quantitative estimate of drug-likeness (QED) is 0.618. The van der Waals surface area contributed by atoms with E-state index in [2.05, 4.69) is 10.5 Å². The van der Waals surface area contributed by atoms with Crippen molar-refractivity contribution in [3.8, 4) is 0 Å². The van der Waals surface area contributed by atoms with Gasteiger partial charge in [0.15, 0.2) is 0 Å². The van der Waals surface area contributed by atoms with Crippen LogP contribution in [0.1, 0.15) is 18.2 Å². The minimum Gasteiger partial charge on any atom is -0.394 e. The van der Waals surface area contributed by atoms with Crippen LogP contribution in [-0.4, -0.2) is 45.2 Å². The fourth-order valence-electron chi connectivity index (χ4n) is 2.39. The van der Waals surface area contributed by atoms with Crippen molar-refractivity contribution in [3.05, 3.63) is 22.2 Å². The summed E-state index contributed by atoms with van der Waals surface area (Å²) in [6.07, 6.45) is 0.244. The number of hydrogen-bond donors (Lipinski definition) is 3. The second kappa shape index (κ2) is 4.89. The second-order valence-corrected chi connectivity index (χ2v) is 4.60. The highest BCUT2D eigenvalue weighted by Crippen LogP contribution is 2.31. The lowest BCUT2D eigenvalue weighted by molar-refractivity contribution is -0.0459. The number of nitrogens with one attached hydrogen (secondary N) is 1. The van der Waals surface area contributed by atoms with Gasteiger partial charge in [-0.3, -0.25) is 10.3 Å². The first-order valence-corrected chi connectivity index (χ1v) is 6.13. The average Bonchev–Trinajstić information content (AvgIpc) is 2.79. The zero-order chi connectivity index (χ0) is 13.4. The third-order valence-electron chi connectivity index (χ3n) is 3.40. The van der Waals surface area contributed by atoms with Crippen LogP contribution in [0.15, 0.2) is 11.0 Å². The van der Waals surface area contributed by atoms with Gasteiger partial charge in [0.05, 0.1) is 19.3 Å². The van der Waals surface area contributed by atoms with Gasteiger partial charge in [-0.2, -0.15) is 0 Å². The Labute approximate surface area is 108 Å². The average molecular weight is 269 g/mol. The van der Waals surface area contributed by atoms with Crippen molar-refractivity contribution in [2.45, 2.75) is 31.3 Å². The van der Waals surface area contributed by atoms with E-state index in [-0.39, 0.29) is 13.0 Å². The number of aliphatic hydroxyl groups is 2. The molecule has 0 radical (unpaired) electrons. The molecule has 0 bridgehead atoms. The predicted octanol–water partition coefficient (Wildman–Crippen LogP) is -1.22. The highest BCUT2D eigenvalue weighted by Gasteiger charge is 2.36. The Kier molecular flexibility index (Phi) is 3.23. The van der Waals surface area contributed by atoms with Crippen LogP contribution in [0.25, 0.3) is 0 Å². The van der Waals surface area contributed by atoms with Gasteiger partial charge in [0.1, 0.15) is 18.1 Å². The van der Waals surface area contributed by atoms with Crippen molar-refractivity contribution in [3.63, 3.8) is 0 Å². The Hall–Kier alpha value is -1.48. The van der Waals surface area contributed by atoms with E-state index in [9.17, 15) is 9.90 Å². The van der Waals surface area contributed by atoms with Gasteiger partial charge in [0.25, 0.3) is 0 Å². The number of fused-ring (bicyclic) bond motifs is 1. The molecular formula is C11H15N3O5. The Morgan fingerprint density at radius 2 is 2.42 bits per heavy atom. The van der Waals surface area contributed by atoms with Crippen LogP contribution in [0.2, 0.25) is 0 Å². The summed E-state index contributed by atoms with van der Waals surface area (Å²) in [6.45, 7) is 0.207. The van der Waals surface area contributed by atoms with E-state index < -0.39 is 24.1 Å². The molecule has 1 aromatic rings. The van der Waals surface area contributed by atoms with E-state index in [4.69, 9.17) is 14.7 Å². The molecule has 3 rings (SSSR count). The molecule has 0 saturated carbocycles. The maximum Gasteiger partial charge on any atom is 0.351 e. The van der Waals surface area contributed by atoms with Gasteiger partial charge in [0, 0.05) is 24.6 Å². The summed E-state index contributed by atoms with van der Waals surface area (Å²) in [5, 5.41) is 18.8. The first-order valence-electron chi connectivity index (χ1n) is 6.13. The lowest BCUT2D eigenvalue weighted by atomic mass is 10.2. The molecule has 19 heavy (non-hydrogen) atoms. The summed E-state index contributed by atoms with van der Waals surface area (Å²) in [5.41, 5.74) is 3.07. The molecule has 8 heteroatoms. The standard InChI is InChI=1S/C11H15N3O5/c15-5-8-7(16)3-9(19-8)14-10-6(1-2-18-13-10)4-12-11(14)17/h4,7-9,13,15-16H,1-3,5H2/t7-,8+,9+/m0/s1. The molecule has 0 aliphatic carbocycles. The summed E-state index contributed by atoms with van der Waals surface area (Å²) in [5.74, 6) is 0.502. The summed E-state index contributed by atoms with van der Waals surface area (Å²) in [4.78, 5) is 20.8. The molecule has 1 aromatic heterocycles. The Bertz CT molecular complexity index is 532. The van der Waals surface area contributed by atoms with E-state index in [0.717, 1.165) is 5.56 Å². The Morgan fingerprint density at radius 3 is 3.16 bits per heavy atom. The SMILES string of the molecule is O=c1ncc2c(n1[C@H]1C[C@H](O)[C@@H](CO)O1)NOCC2. The monoisotopic (exact) mass is 269 g/mol. The minimum absolute atomic E-state index is 0.227. The first-order chi connectivity index (χ1) is 9.20. The topological polar surface area (TPSA) is 106 Å². The molecule has 0 unspecified atom stereocenters. The van der Waals surface area contributed by atoms with Gasteiger partial charge in [-0.05, 0) is 0 Å². The van der Waals surface area contributed by atoms with Gasteiger partial charge < -0.3 is 14.9 Å². The van der Waals surface area contributed by atoms with Crippen LogP contribution >= 0.6 is 0 Å². The predicted molar refractivity (Wildman–Crippen MR) is 63.4 cm³/mol. The van der Waals surface area contributed by atoms with Crippen LogP contribution < -0.4 is 11.2 Å². The number of hydrogen-bond acceptors (Lipinski definition) is 7. The molecule has 0 aromatic carbocycles. The molecule has 104 valence electrons. The van der Waals surface area contributed by atoms with Crippen LogP contribution in [0.4, 0.5) is 5.82 Å². The van der Waals surface area contributed by atoms with Crippen LogP contribution in [0.3, 0.4) is 0 Å². The molecule has 2 aliphatic rings. The number of anilines is 1. The molecule has 0 spiro atoms. The van der Waals surface area contributed by atoms with Crippen LogP contribution in [0, 0.1) is 0 Å². The van der Waals surface area contributed by atoms with Crippen molar-refractivity contribution < 1.29 is 19.8 Å². The molecule has 3 heterocycles. The van der Waals surface area contributed by atoms with Crippen molar-refractivity contribution in [1.29, 1.82) is 0 Å². The zero-order valence-electron chi connectivity index (χ0n) is 10.2. The molecule has 3 N–H and O–H groups in total. The lowest BCUT2D eigenvalue weighted by Gasteiger charge is -2.24. The van der Waals surface area contributed by atoms with Crippen molar-refractivity contribution >= 4 is 5.82 Å². The molecule has 0 amide bonds. The summed E-state index contributed by atoms with van der Waals surface area (Å²) in [6, 6.07) is 0. The Balaban J connectivity index is 1.99. The first kappa shape index (κ1) is 12.5. The van der Waals surface area contributed by atoms with Crippen LogP contribution in [0.5, 0.6) is 0 Å². The van der Waals surface area contributed by atoms with Crippen molar-refractivity contribution in [1.82, 2.24) is 9.55 Å². The summed E-state index contributed by atoms with van der Waals surface area (Å²) < 4.78 is 6.81. The number of aliphatic hydroxyl groups excluding tert-OH is 2. The van der Waals surface area contributed by atoms with Crippen LogP contribution in [-0.2, 0) is 16.0 Å². The number of rotatable bonds is 2. The molecule has 8 nitrogen and oxygen atoms in total. The summed E-state index contributed by atoms with van der Waals surface area (Å²) in [7, 11) is 0. The normalized spacial score (nSPS) is 29.9. The largest absolute Gasteiger partial charge is 0.394 e. The molecule has 1 fully saturated rings. The highest BCUT2D eigenvalue weighted by atomic mass is 16.6. The molecule has 2 aliphatic heterocycles. The molecule has 3 atom stereocenters. The van der Waals surface area contributed by atoms with Crippen molar-refractivity contribution in [2.75, 3.05) is 18.7 Å². The van der Waals surface area contributed by atoms with Gasteiger partial charge in [0.2, 0.25) is 0 Å². The fourth-order valence-corrected chi connectivity index (χ4v) is 2.39. The van der Waals surface area contributed by atoms with Gasteiger partial charge >= 0.3 is 5.69 Å². The van der Waals surface area contributed by atoms with Crippen molar-refractivity contribution in [2.24, 2.45) is 0 Å². The Morgan fingerprint density at radius 1 is 1.58 bits per heavy atom.